The number of hydrogen-bond acceptors (Lipinski definition) is 3. The highest BCUT2D eigenvalue weighted by Gasteiger charge is 2.20. The Morgan fingerprint density at radius 2 is 2.06 bits per heavy atom. The molecule has 0 bridgehead atoms. The number of benzene rings is 1. The van der Waals surface area contributed by atoms with Crippen LogP contribution in [0, 0.1) is 5.92 Å². The number of nitrogens with zero attached hydrogens (tertiary/aromatic N) is 1. The van der Waals surface area contributed by atoms with Crippen LogP contribution in [0.25, 0.3) is 0 Å². The second kappa shape index (κ2) is 5.41. The van der Waals surface area contributed by atoms with Crippen molar-refractivity contribution in [3.8, 4) is 5.75 Å². The molecule has 1 unspecified atom stereocenters. The maximum Gasteiger partial charge on any atom is 0.119 e. The summed E-state index contributed by atoms with van der Waals surface area (Å²) in [5, 5.41) is 9.49. The van der Waals surface area contributed by atoms with Crippen molar-refractivity contribution in [2.75, 3.05) is 24.6 Å². The maximum atomic E-state index is 9.49. The second-order valence-electron chi connectivity index (χ2n) is 5.09. The largest absolute Gasteiger partial charge is 0.493 e. The molecule has 1 aliphatic rings. The summed E-state index contributed by atoms with van der Waals surface area (Å²) in [4.78, 5) is 2.21. The van der Waals surface area contributed by atoms with E-state index >= 15 is 0 Å². The third-order valence-corrected chi connectivity index (χ3v) is 2.95. The fraction of sp³-hybridized carbons (Fsp3) is 0.571. The first-order valence-corrected chi connectivity index (χ1v) is 6.31. The second-order valence-corrected chi connectivity index (χ2v) is 5.09. The molecule has 1 saturated heterocycles. The lowest BCUT2D eigenvalue weighted by Gasteiger charge is -2.18. The van der Waals surface area contributed by atoms with Crippen molar-refractivity contribution in [3.05, 3.63) is 24.3 Å². The normalized spacial score (nSPS) is 20.0. The lowest BCUT2D eigenvalue weighted by molar-refractivity contribution is 0.198. The summed E-state index contributed by atoms with van der Waals surface area (Å²) >= 11 is 0. The molecular weight excluding hydrogens is 214 g/mol. The van der Waals surface area contributed by atoms with Crippen LogP contribution in [0.2, 0.25) is 0 Å². The van der Waals surface area contributed by atoms with Gasteiger partial charge in [0.25, 0.3) is 0 Å². The lowest BCUT2D eigenvalue weighted by Crippen LogP contribution is -2.20. The first-order chi connectivity index (χ1) is 8.15. The van der Waals surface area contributed by atoms with Gasteiger partial charge in [-0.25, -0.2) is 0 Å². The molecule has 1 N–H and O–H groups in total. The van der Waals surface area contributed by atoms with Gasteiger partial charge in [-0.2, -0.15) is 0 Å². The fourth-order valence-electron chi connectivity index (χ4n) is 1.99. The van der Waals surface area contributed by atoms with Crippen LogP contribution in [0.15, 0.2) is 24.3 Å². The molecule has 1 aromatic rings. The number of anilines is 1. The molecule has 3 heteroatoms. The molecule has 0 amide bonds. The van der Waals surface area contributed by atoms with Gasteiger partial charge in [-0.3, -0.25) is 0 Å². The number of aliphatic hydroxyl groups is 1. The quantitative estimate of drug-likeness (QED) is 0.869. The highest BCUT2D eigenvalue weighted by Crippen LogP contribution is 2.23. The van der Waals surface area contributed by atoms with E-state index in [0.29, 0.717) is 5.92 Å². The van der Waals surface area contributed by atoms with E-state index in [-0.39, 0.29) is 6.10 Å². The molecule has 0 saturated carbocycles. The SMILES string of the molecule is CC(C)COc1ccc(N2CCC(O)C2)cc1. The predicted molar refractivity (Wildman–Crippen MR) is 69.6 cm³/mol. The van der Waals surface area contributed by atoms with Crippen molar-refractivity contribution >= 4 is 5.69 Å². The zero-order valence-electron chi connectivity index (χ0n) is 10.6. The molecule has 0 aromatic heterocycles. The number of hydrogen-bond donors (Lipinski definition) is 1. The van der Waals surface area contributed by atoms with Crippen LogP contribution < -0.4 is 9.64 Å². The van der Waals surface area contributed by atoms with Crippen molar-refractivity contribution in [1.82, 2.24) is 0 Å². The Hall–Kier alpha value is -1.22. The van der Waals surface area contributed by atoms with E-state index in [1.807, 2.05) is 12.1 Å². The minimum Gasteiger partial charge on any atom is -0.493 e. The van der Waals surface area contributed by atoms with Crippen LogP contribution in [-0.2, 0) is 0 Å². The molecule has 1 aromatic carbocycles. The van der Waals surface area contributed by atoms with Crippen molar-refractivity contribution in [1.29, 1.82) is 0 Å². The van der Waals surface area contributed by atoms with E-state index in [1.165, 1.54) is 5.69 Å². The van der Waals surface area contributed by atoms with E-state index in [2.05, 4.69) is 30.9 Å². The van der Waals surface area contributed by atoms with E-state index in [0.717, 1.165) is 31.9 Å². The number of rotatable bonds is 4. The lowest BCUT2D eigenvalue weighted by atomic mass is 10.2. The fourth-order valence-corrected chi connectivity index (χ4v) is 1.99. The zero-order valence-corrected chi connectivity index (χ0v) is 10.6. The van der Waals surface area contributed by atoms with Gasteiger partial charge in [-0.1, -0.05) is 13.8 Å². The van der Waals surface area contributed by atoms with Gasteiger partial charge in [0, 0.05) is 18.8 Å². The summed E-state index contributed by atoms with van der Waals surface area (Å²) in [5.41, 5.74) is 1.17. The smallest absolute Gasteiger partial charge is 0.119 e. The molecule has 1 atom stereocenters. The first kappa shape index (κ1) is 12.2. The summed E-state index contributed by atoms with van der Waals surface area (Å²) < 4.78 is 5.64. The topological polar surface area (TPSA) is 32.7 Å². The maximum absolute atomic E-state index is 9.49. The number of β-amino-alcohol motifs (C(OH)–C–C–N with tert-alkyl or cyclic N) is 1. The third kappa shape index (κ3) is 3.37. The molecule has 3 nitrogen and oxygen atoms in total. The van der Waals surface area contributed by atoms with Gasteiger partial charge >= 0.3 is 0 Å². The number of aliphatic hydroxyl groups excluding tert-OH is 1. The average molecular weight is 235 g/mol. The Morgan fingerprint density at radius 1 is 1.35 bits per heavy atom. The molecule has 0 spiro atoms. The molecule has 0 aliphatic carbocycles. The Kier molecular flexibility index (Phi) is 3.89. The van der Waals surface area contributed by atoms with E-state index in [4.69, 9.17) is 4.74 Å². The van der Waals surface area contributed by atoms with Crippen LogP contribution in [0.1, 0.15) is 20.3 Å². The van der Waals surface area contributed by atoms with Gasteiger partial charge in [0.2, 0.25) is 0 Å². The van der Waals surface area contributed by atoms with Crippen molar-refractivity contribution < 1.29 is 9.84 Å². The monoisotopic (exact) mass is 235 g/mol. The van der Waals surface area contributed by atoms with Crippen LogP contribution in [0.3, 0.4) is 0 Å². The van der Waals surface area contributed by atoms with Gasteiger partial charge in [0.1, 0.15) is 5.75 Å². The van der Waals surface area contributed by atoms with Crippen molar-refractivity contribution in [2.24, 2.45) is 5.92 Å². The summed E-state index contributed by atoms with van der Waals surface area (Å²) in [6, 6.07) is 8.13. The van der Waals surface area contributed by atoms with Gasteiger partial charge in [0.05, 0.1) is 12.7 Å². The van der Waals surface area contributed by atoms with Gasteiger partial charge in [-0.05, 0) is 36.6 Å². The molecule has 17 heavy (non-hydrogen) atoms. The molecule has 1 fully saturated rings. The molecule has 94 valence electrons. The summed E-state index contributed by atoms with van der Waals surface area (Å²) in [5.74, 6) is 1.46. The number of ether oxygens (including phenoxy) is 1. The van der Waals surface area contributed by atoms with Gasteiger partial charge < -0.3 is 14.7 Å². The van der Waals surface area contributed by atoms with Crippen LogP contribution in [0.4, 0.5) is 5.69 Å². The Morgan fingerprint density at radius 3 is 2.59 bits per heavy atom. The van der Waals surface area contributed by atoms with Crippen LogP contribution >= 0.6 is 0 Å². The van der Waals surface area contributed by atoms with Gasteiger partial charge in [0.15, 0.2) is 0 Å². The van der Waals surface area contributed by atoms with E-state index in [9.17, 15) is 5.11 Å². The van der Waals surface area contributed by atoms with E-state index < -0.39 is 0 Å². The minimum absolute atomic E-state index is 0.174. The molecule has 1 heterocycles. The molecule has 1 aliphatic heterocycles. The summed E-state index contributed by atoms with van der Waals surface area (Å²) in [7, 11) is 0. The predicted octanol–water partition coefficient (Wildman–Crippen LogP) is 2.29. The standard InChI is InChI=1S/C14H21NO2/c1-11(2)10-17-14-5-3-12(4-6-14)15-8-7-13(16)9-15/h3-6,11,13,16H,7-10H2,1-2H3. The molecular formula is C14H21NO2. The molecule has 0 radical (unpaired) electrons. The summed E-state index contributed by atoms with van der Waals surface area (Å²) in [6.07, 6.45) is 0.692. The van der Waals surface area contributed by atoms with E-state index in [1.54, 1.807) is 0 Å². The van der Waals surface area contributed by atoms with Crippen molar-refractivity contribution in [3.63, 3.8) is 0 Å². The Balaban J connectivity index is 1.93. The Bertz CT molecular complexity index is 348. The van der Waals surface area contributed by atoms with Gasteiger partial charge in [-0.15, -0.1) is 0 Å². The third-order valence-electron chi connectivity index (χ3n) is 2.95. The highest BCUT2D eigenvalue weighted by atomic mass is 16.5. The Labute approximate surface area is 103 Å². The summed E-state index contributed by atoms with van der Waals surface area (Å²) in [6.45, 7) is 6.71. The first-order valence-electron chi connectivity index (χ1n) is 6.31. The van der Waals surface area contributed by atoms with Crippen LogP contribution in [-0.4, -0.2) is 30.9 Å². The average Bonchev–Trinajstić information content (AvgIpc) is 2.74. The van der Waals surface area contributed by atoms with Crippen molar-refractivity contribution in [2.45, 2.75) is 26.4 Å². The minimum atomic E-state index is -0.174. The highest BCUT2D eigenvalue weighted by molar-refractivity contribution is 5.50. The van der Waals surface area contributed by atoms with Crippen LogP contribution in [0.5, 0.6) is 5.75 Å². The molecule has 2 rings (SSSR count). The zero-order chi connectivity index (χ0) is 12.3.